The first-order valence-corrected chi connectivity index (χ1v) is 9.76. The fourth-order valence-corrected chi connectivity index (χ4v) is 7.96. The molecule has 0 N–H and O–H groups in total. The Morgan fingerprint density at radius 2 is 1.88 bits per heavy atom. The van der Waals surface area contributed by atoms with Crippen molar-refractivity contribution in [2.24, 2.45) is 0 Å². The molecule has 1 unspecified atom stereocenters. The minimum Gasteiger partial charge on any atom is -0.313 e. The van der Waals surface area contributed by atoms with E-state index in [0.29, 0.717) is 19.7 Å². The van der Waals surface area contributed by atoms with Crippen LogP contribution in [0.5, 0.6) is 0 Å². The highest BCUT2D eigenvalue weighted by atomic mass is 33.1. The van der Waals surface area contributed by atoms with Gasteiger partial charge >= 0.3 is 5.77 Å². The summed E-state index contributed by atoms with van der Waals surface area (Å²) in [6.07, 6.45) is 3.56. The van der Waals surface area contributed by atoms with E-state index in [1.165, 1.54) is 22.9 Å². The van der Waals surface area contributed by atoms with E-state index in [9.17, 15) is 4.57 Å². The lowest BCUT2D eigenvalue weighted by Gasteiger charge is -2.23. The minimum absolute atomic E-state index is 0.466. The van der Waals surface area contributed by atoms with Gasteiger partial charge in [0.2, 0.25) is 0 Å². The van der Waals surface area contributed by atoms with Gasteiger partial charge in [-0.2, -0.15) is 0 Å². The molecule has 1 atom stereocenters. The van der Waals surface area contributed by atoms with Gasteiger partial charge in [-0.1, -0.05) is 30.5 Å². The molecule has 0 bridgehead atoms. The van der Waals surface area contributed by atoms with E-state index in [2.05, 4.69) is 13.2 Å². The molecule has 0 aliphatic carbocycles. The maximum absolute atomic E-state index is 12.4. The van der Waals surface area contributed by atoms with Crippen LogP contribution in [0.15, 0.2) is 25.3 Å². The van der Waals surface area contributed by atoms with Gasteiger partial charge in [0.1, 0.15) is 0 Å². The van der Waals surface area contributed by atoms with Gasteiger partial charge in [0.25, 0.3) is 0 Å². The molecular formula is C10H20NO2PS2. The summed E-state index contributed by atoms with van der Waals surface area (Å²) in [5, 5.41) is 0. The van der Waals surface area contributed by atoms with Crippen LogP contribution in [0.1, 0.15) is 13.8 Å². The van der Waals surface area contributed by atoms with Gasteiger partial charge in [0.15, 0.2) is 0 Å². The van der Waals surface area contributed by atoms with Crippen molar-refractivity contribution in [3.05, 3.63) is 25.3 Å². The van der Waals surface area contributed by atoms with E-state index in [0.717, 1.165) is 5.75 Å². The Labute approximate surface area is 107 Å². The summed E-state index contributed by atoms with van der Waals surface area (Å²) in [7, 11) is 0. The summed E-state index contributed by atoms with van der Waals surface area (Å²) in [6, 6.07) is 0. The average molecular weight is 281 g/mol. The molecule has 94 valence electrons. The molecule has 0 aliphatic heterocycles. The van der Waals surface area contributed by atoms with Gasteiger partial charge in [-0.05, 0) is 6.92 Å². The van der Waals surface area contributed by atoms with Crippen molar-refractivity contribution in [1.82, 2.24) is 4.31 Å². The standard InChI is InChI=1S/C10H20NO2PS2/c1-5-9-11(10-6-2)16-14(12,13-7-3)15-8-4/h5-6H,1-2,7-10H2,3-4H3. The van der Waals surface area contributed by atoms with Crippen LogP contribution in [0.3, 0.4) is 0 Å². The molecule has 6 heteroatoms. The maximum Gasteiger partial charge on any atom is 0.327 e. The largest absolute Gasteiger partial charge is 0.327 e. The quantitative estimate of drug-likeness (QED) is 0.340. The molecule has 0 aliphatic rings. The highest BCUT2D eigenvalue weighted by Gasteiger charge is 2.27. The van der Waals surface area contributed by atoms with Crippen LogP contribution in [0.4, 0.5) is 0 Å². The monoisotopic (exact) mass is 281 g/mol. The lowest BCUT2D eigenvalue weighted by molar-refractivity contribution is 0.356. The fourth-order valence-electron chi connectivity index (χ4n) is 0.971. The first kappa shape index (κ1) is 16.3. The molecule has 0 rings (SSSR count). The van der Waals surface area contributed by atoms with Crippen molar-refractivity contribution in [3.63, 3.8) is 0 Å². The van der Waals surface area contributed by atoms with Crippen LogP contribution >= 0.6 is 28.7 Å². The van der Waals surface area contributed by atoms with Crippen molar-refractivity contribution < 1.29 is 9.09 Å². The molecule has 0 saturated carbocycles. The summed E-state index contributed by atoms with van der Waals surface area (Å²) in [4.78, 5) is 0. The van der Waals surface area contributed by atoms with Crippen molar-refractivity contribution in [1.29, 1.82) is 0 Å². The first-order valence-electron chi connectivity index (χ1n) is 5.17. The molecule has 3 nitrogen and oxygen atoms in total. The normalized spacial score (nSPS) is 14.7. The zero-order valence-corrected chi connectivity index (χ0v) is 12.5. The molecule has 0 aromatic rings. The van der Waals surface area contributed by atoms with Gasteiger partial charge in [-0.3, -0.25) is 4.57 Å². The van der Waals surface area contributed by atoms with Crippen molar-refractivity contribution in [3.8, 4) is 0 Å². The molecular weight excluding hydrogens is 261 g/mol. The third-order valence-electron chi connectivity index (χ3n) is 1.46. The van der Waals surface area contributed by atoms with Gasteiger partial charge in [-0.15, -0.1) is 13.2 Å². The Kier molecular flexibility index (Phi) is 9.56. The Hall–Kier alpha value is 0.330. The van der Waals surface area contributed by atoms with E-state index >= 15 is 0 Å². The van der Waals surface area contributed by atoms with Crippen LogP contribution in [0.2, 0.25) is 0 Å². The maximum atomic E-state index is 12.4. The van der Waals surface area contributed by atoms with Crippen LogP contribution < -0.4 is 0 Å². The van der Waals surface area contributed by atoms with Gasteiger partial charge in [0, 0.05) is 30.4 Å². The van der Waals surface area contributed by atoms with Gasteiger partial charge in [0.05, 0.1) is 6.61 Å². The highest BCUT2D eigenvalue weighted by Crippen LogP contribution is 2.70. The number of hydrogen-bond acceptors (Lipinski definition) is 5. The van der Waals surface area contributed by atoms with Crippen molar-refractivity contribution in [2.45, 2.75) is 13.8 Å². The second-order valence-corrected chi connectivity index (χ2v) is 10.3. The Morgan fingerprint density at radius 1 is 1.31 bits per heavy atom. The summed E-state index contributed by atoms with van der Waals surface area (Å²) in [5.74, 6) is -1.89. The average Bonchev–Trinajstić information content (AvgIpc) is 2.18. The third kappa shape index (κ3) is 6.81. The lowest BCUT2D eigenvalue weighted by atomic mass is 10.5. The topological polar surface area (TPSA) is 29.5 Å². The highest BCUT2D eigenvalue weighted by molar-refractivity contribution is 8.88. The summed E-state index contributed by atoms with van der Waals surface area (Å²) in [6.45, 7) is 13.0. The molecule has 0 aromatic heterocycles. The first-order chi connectivity index (χ1) is 7.61. The molecule has 0 saturated heterocycles. The predicted octanol–water partition coefficient (Wildman–Crippen LogP) is 4.21. The van der Waals surface area contributed by atoms with E-state index < -0.39 is 5.77 Å². The van der Waals surface area contributed by atoms with Gasteiger partial charge < -0.3 is 4.52 Å². The predicted molar refractivity (Wildman–Crippen MR) is 76.9 cm³/mol. The fraction of sp³-hybridized carbons (Fsp3) is 0.600. The number of hydrogen-bond donors (Lipinski definition) is 0. The zero-order chi connectivity index (χ0) is 12.4. The zero-order valence-electron chi connectivity index (χ0n) is 9.92. The summed E-state index contributed by atoms with van der Waals surface area (Å²) >= 11 is 2.65. The molecule has 0 fully saturated rings. The molecule has 0 aromatic carbocycles. The Bertz CT molecular complexity index is 241. The van der Waals surface area contributed by atoms with Crippen LogP contribution in [-0.2, 0) is 9.09 Å². The van der Waals surface area contributed by atoms with Crippen LogP contribution in [-0.4, -0.2) is 29.8 Å². The molecule has 0 heterocycles. The Balaban J connectivity index is 4.48. The van der Waals surface area contributed by atoms with E-state index in [1.54, 1.807) is 12.2 Å². The molecule has 0 amide bonds. The number of rotatable bonds is 10. The minimum atomic E-state index is -2.67. The van der Waals surface area contributed by atoms with Gasteiger partial charge in [-0.25, -0.2) is 4.31 Å². The van der Waals surface area contributed by atoms with E-state index in [-0.39, 0.29) is 0 Å². The second-order valence-electron chi connectivity index (χ2n) is 2.79. The Morgan fingerprint density at radius 3 is 2.25 bits per heavy atom. The summed E-state index contributed by atoms with van der Waals surface area (Å²) in [5.41, 5.74) is 0. The smallest absolute Gasteiger partial charge is 0.313 e. The molecule has 16 heavy (non-hydrogen) atoms. The van der Waals surface area contributed by atoms with Crippen LogP contribution in [0, 0.1) is 0 Å². The third-order valence-corrected chi connectivity index (χ3v) is 8.53. The number of nitrogens with zero attached hydrogens (tertiary/aromatic N) is 1. The van der Waals surface area contributed by atoms with E-state index in [4.69, 9.17) is 4.52 Å². The van der Waals surface area contributed by atoms with Crippen LogP contribution in [0.25, 0.3) is 0 Å². The van der Waals surface area contributed by atoms with Crippen molar-refractivity contribution >= 4 is 28.7 Å². The lowest BCUT2D eigenvalue weighted by Crippen LogP contribution is -2.15. The SMILES string of the molecule is C=CCN(CC=C)SP(=O)(OCC)SCC. The van der Waals surface area contributed by atoms with E-state index in [1.807, 2.05) is 18.2 Å². The second kappa shape index (κ2) is 9.37. The van der Waals surface area contributed by atoms with Crippen molar-refractivity contribution in [2.75, 3.05) is 25.4 Å². The summed E-state index contributed by atoms with van der Waals surface area (Å²) < 4.78 is 19.7. The molecule has 0 spiro atoms. The molecule has 0 radical (unpaired) electrons.